The van der Waals surface area contributed by atoms with Crippen LogP contribution in [0.2, 0.25) is 0 Å². The predicted octanol–water partition coefficient (Wildman–Crippen LogP) is 4.96. The number of carbonyl (C=O) groups excluding carboxylic acids is 1. The Morgan fingerprint density at radius 1 is 0.974 bits per heavy atom. The van der Waals surface area contributed by atoms with Crippen LogP contribution in [0.15, 0.2) is 84.1 Å². The topological polar surface area (TPSA) is 93.5 Å². The lowest BCUT2D eigenvalue weighted by atomic mass is 9.95. The van der Waals surface area contributed by atoms with Gasteiger partial charge in [-0.05, 0) is 61.0 Å². The van der Waals surface area contributed by atoms with E-state index in [0.717, 1.165) is 22.6 Å². The van der Waals surface area contributed by atoms with Crippen molar-refractivity contribution in [1.82, 2.24) is 14.8 Å². The molecule has 1 atom stereocenters. The fraction of sp³-hybridized carbons (Fsp3) is 0.207. The molecular formula is C29H30N6O3. The Labute approximate surface area is 221 Å². The molecule has 2 N–H and O–H groups in total. The summed E-state index contributed by atoms with van der Waals surface area (Å²) >= 11 is 0. The molecule has 4 aromatic rings. The lowest BCUT2D eigenvalue weighted by Crippen LogP contribution is -2.31. The SMILES string of the molecule is COc1ccc(C2C(C(=O)Nc3ccccc3OC)=C(C)Nc3nc(-c4ccc(N(C)C)cc4)nn32)cc1. The Morgan fingerprint density at radius 2 is 1.68 bits per heavy atom. The van der Waals surface area contributed by atoms with Crippen molar-refractivity contribution in [1.29, 1.82) is 0 Å². The molecule has 1 aliphatic rings. The maximum Gasteiger partial charge on any atom is 0.255 e. The number of ether oxygens (including phenoxy) is 2. The number of benzene rings is 3. The first-order chi connectivity index (χ1) is 18.4. The number of fused-ring (bicyclic) bond motifs is 1. The number of nitrogens with zero attached hydrogens (tertiary/aromatic N) is 4. The Hall–Kier alpha value is -4.79. The van der Waals surface area contributed by atoms with Crippen LogP contribution in [0.3, 0.4) is 0 Å². The highest BCUT2D eigenvalue weighted by atomic mass is 16.5. The number of rotatable bonds is 7. The molecule has 0 fully saturated rings. The van der Waals surface area contributed by atoms with Crippen LogP contribution in [0.4, 0.5) is 17.3 Å². The molecule has 0 bridgehead atoms. The van der Waals surface area contributed by atoms with Crippen LogP contribution in [0.1, 0.15) is 18.5 Å². The molecule has 0 saturated carbocycles. The third kappa shape index (κ3) is 4.66. The summed E-state index contributed by atoms with van der Waals surface area (Å²) in [5.41, 5.74) is 4.63. The summed E-state index contributed by atoms with van der Waals surface area (Å²) in [5.74, 6) is 2.16. The van der Waals surface area contributed by atoms with E-state index >= 15 is 0 Å². The second kappa shape index (κ2) is 10.3. The molecule has 1 unspecified atom stereocenters. The van der Waals surface area contributed by atoms with Crippen LogP contribution in [0.5, 0.6) is 11.5 Å². The number of hydrogen-bond donors (Lipinski definition) is 2. The smallest absolute Gasteiger partial charge is 0.255 e. The summed E-state index contributed by atoms with van der Waals surface area (Å²) in [6.07, 6.45) is 0. The highest BCUT2D eigenvalue weighted by molar-refractivity contribution is 6.06. The molecule has 9 nitrogen and oxygen atoms in total. The van der Waals surface area contributed by atoms with E-state index in [1.807, 2.05) is 92.6 Å². The zero-order valence-electron chi connectivity index (χ0n) is 22.0. The first-order valence-electron chi connectivity index (χ1n) is 12.2. The van der Waals surface area contributed by atoms with E-state index in [-0.39, 0.29) is 5.91 Å². The van der Waals surface area contributed by atoms with Crippen molar-refractivity contribution in [2.45, 2.75) is 13.0 Å². The molecule has 1 aliphatic heterocycles. The lowest BCUT2D eigenvalue weighted by Gasteiger charge is -2.29. The molecule has 0 saturated heterocycles. The van der Waals surface area contributed by atoms with Gasteiger partial charge in [-0.1, -0.05) is 24.3 Å². The largest absolute Gasteiger partial charge is 0.497 e. The van der Waals surface area contributed by atoms with E-state index < -0.39 is 6.04 Å². The average Bonchev–Trinajstić information content (AvgIpc) is 3.36. The summed E-state index contributed by atoms with van der Waals surface area (Å²) in [4.78, 5) is 20.6. The van der Waals surface area contributed by atoms with Gasteiger partial charge in [-0.3, -0.25) is 4.79 Å². The Kier molecular flexibility index (Phi) is 6.74. The summed E-state index contributed by atoms with van der Waals surface area (Å²) in [7, 11) is 7.20. The lowest BCUT2D eigenvalue weighted by molar-refractivity contribution is -0.113. The van der Waals surface area contributed by atoms with Crippen molar-refractivity contribution in [2.75, 3.05) is 43.8 Å². The Morgan fingerprint density at radius 3 is 2.34 bits per heavy atom. The monoisotopic (exact) mass is 510 g/mol. The molecule has 0 aliphatic carbocycles. The zero-order valence-corrected chi connectivity index (χ0v) is 22.0. The van der Waals surface area contributed by atoms with Gasteiger partial charge >= 0.3 is 0 Å². The number of nitrogens with one attached hydrogen (secondary N) is 2. The van der Waals surface area contributed by atoms with Gasteiger partial charge in [-0.25, -0.2) is 4.68 Å². The molecule has 9 heteroatoms. The maximum atomic E-state index is 13.8. The third-order valence-electron chi connectivity index (χ3n) is 6.53. The fourth-order valence-electron chi connectivity index (χ4n) is 4.51. The zero-order chi connectivity index (χ0) is 26.8. The number of hydrogen-bond acceptors (Lipinski definition) is 7. The Bertz CT molecular complexity index is 1490. The molecular weight excluding hydrogens is 480 g/mol. The van der Waals surface area contributed by atoms with Crippen LogP contribution in [-0.2, 0) is 4.79 Å². The van der Waals surface area contributed by atoms with E-state index in [0.29, 0.717) is 34.5 Å². The molecule has 194 valence electrons. The predicted molar refractivity (Wildman–Crippen MR) is 149 cm³/mol. The van der Waals surface area contributed by atoms with Gasteiger partial charge in [0.1, 0.15) is 17.5 Å². The van der Waals surface area contributed by atoms with E-state index in [1.54, 1.807) is 25.0 Å². The fourth-order valence-corrected chi connectivity index (χ4v) is 4.51. The van der Waals surface area contributed by atoms with Gasteiger partial charge in [-0.2, -0.15) is 4.98 Å². The van der Waals surface area contributed by atoms with Crippen molar-refractivity contribution in [3.63, 3.8) is 0 Å². The normalized spacial score (nSPS) is 14.4. The number of methoxy groups -OCH3 is 2. The minimum Gasteiger partial charge on any atom is -0.497 e. The first-order valence-corrected chi connectivity index (χ1v) is 12.2. The number of amides is 1. The summed E-state index contributed by atoms with van der Waals surface area (Å²) < 4.78 is 12.6. The summed E-state index contributed by atoms with van der Waals surface area (Å²) in [5, 5.41) is 11.2. The van der Waals surface area contributed by atoms with Gasteiger partial charge < -0.3 is 25.0 Å². The van der Waals surface area contributed by atoms with Gasteiger partial charge in [0.15, 0.2) is 5.82 Å². The van der Waals surface area contributed by atoms with Crippen LogP contribution < -0.4 is 25.0 Å². The quantitative estimate of drug-likeness (QED) is 0.363. The van der Waals surface area contributed by atoms with Gasteiger partial charge in [0.2, 0.25) is 5.95 Å². The minimum atomic E-state index is -0.519. The van der Waals surface area contributed by atoms with Crippen molar-refractivity contribution >= 4 is 23.2 Å². The maximum absolute atomic E-state index is 13.8. The van der Waals surface area contributed by atoms with E-state index in [9.17, 15) is 4.79 Å². The van der Waals surface area contributed by atoms with E-state index in [1.165, 1.54) is 0 Å². The molecule has 2 heterocycles. The van der Waals surface area contributed by atoms with Gasteiger partial charge in [0.25, 0.3) is 5.91 Å². The van der Waals surface area contributed by atoms with Crippen LogP contribution in [0, 0.1) is 0 Å². The standard InChI is InChI=1S/C29H30N6O3/c1-18-25(28(36)31-23-8-6-7-9-24(23)38-5)26(19-12-16-22(37-4)17-13-19)35-29(30-18)32-27(33-35)20-10-14-21(15-11-20)34(2)3/h6-17,26H,1-5H3,(H,31,36)(H,30,32,33). The number of carbonyl (C=O) groups is 1. The van der Waals surface area contributed by atoms with Gasteiger partial charge in [-0.15, -0.1) is 5.10 Å². The van der Waals surface area contributed by atoms with Crippen LogP contribution >= 0.6 is 0 Å². The summed E-state index contributed by atoms with van der Waals surface area (Å²) in [6.45, 7) is 1.87. The molecule has 5 rings (SSSR count). The number of aromatic nitrogens is 3. The molecule has 1 aromatic heterocycles. The van der Waals surface area contributed by atoms with Crippen LogP contribution in [-0.4, -0.2) is 49.0 Å². The van der Waals surface area contributed by atoms with Crippen molar-refractivity contribution in [2.24, 2.45) is 0 Å². The van der Waals surface area contributed by atoms with E-state index in [4.69, 9.17) is 19.6 Å². The molecule has 0 radical (unpaired) electrons. The highest BCUT2D eigenvalue weighted by Gasteiger charge is 2.34. The number of allylic oxidation sites excluding steroid dienone is 1. The van der Waals surface area contributed by atoms with Gasteiger partial charge in [0.05, 0.1) is 25.5 Å². The third-order valence-corrected chi connectivity index (χ3v) is 6.53. The van der Waals surface area contributed by atoms with Crippen molar-refractivity contribution < 1.29 is 14.3 Å². The molecule has 3 aromatic carbocycles. The number of para-hydroxylation sites is 2. The van der Waals surface area contributed by atoms with Crippen LogP contribution in [0.25, 0.3) is 11.4 Å². The minimum absolute atomic E-state index is 0.265. The summed E-state index contributed by atoms with van der Waals surface area (Å²) in [6, 6.07) is 22.5. The second-order valence-corrected chi connectivity index (χ2v) is 9.14. The first kappa shape index (κ1) is 24.9. The van der Waals surface area contributed by atoms with Gasteiger partial charge in [0, 0.05) is 31.0 Å². The second-order valence-electron chi connectivity index (χ2n) is 9.14. The number of anilines is 3. The van der Waals surface area contributed by atoms with Crippen molar-refractivity contribution in [3.05, 3.63) is 89.6 Å². The highest BCUT2D eigenvalue weighted by Crippen LogP contribution is 2.38. The molecule has 38 heavy (non-hydrogen) atoms. The van der Waals surface area contributed by atoms with Crippen molar-refractivity contribution in [3.8, 4) is 22.9 Å². The molecule has 0 spiro atoms. The Balaban J connectivity index is 1.57. The average molecular weight is 511 g/mol. The molecule has 1 amide bonds. The van der Waals surface area contributed by atoms with E-state index in [2.05, 4.69) is 10.6 Å².